The Bertz CT molecular complexity index is 1260. The van der Waals surface area contributed by atoms with Gasteiger partial charge in [-0.25, -0.2) is 4.98 Å². The number of benzene rings is 3. The summed E-state index contributed by atoms with van der Waals surface area (Å²) in [6, 6.07) is 20.8. The van der Waals surface area contributed by atoms with Crippen LogP contribution in [0.3, 0.4) is 0 Å². The van der Waals surface area contributed by atoms with Crippen LogP contribution in [0, 0.1) is 13.8 Å². The van der Waals surface area contributed by atoms with Crippen molar-refractivity contribution in [3.8, 4) is 5.75 Å². The van der Waals surface area contributed by atoms with E-state index in [0.29, 0.717) is 17.2 Å². The van der Waals surface area contributed by atoms with Crippen LogP contribution in [-0.2, 0) is 6.54 Å². The van der Waals surface area contributed by atoms with Crippen molar-refractivity contribution in [3.63, 3.8) is 0 Å². The first kappa shape index (κ1) is 22.9. The van der Waals surface area contributed by atoms with Crippen LogP contribution in [0.15, 0.2) is 66.7 Å². The lowest BCUT2D eigenvalue weighted by Crippen LogP contribution is -2.28. The van der Waals surface area contributed by atoms with Gasteiger partial charge < -0.3 is 14.6 Å². The maximum atomic E-state index is 12.7. The quantitative estimate of drug-likeness (QED) is 0.315. The minimum Gasteiger partial charge on any atom is -0.493 e. The van der Waals surface area contributed by atoms with E-state index in [4.69, 9.17) is 21.3 Å². The van der Waals surface area contributed by atoms with Gasteiger partial charge in [-0.2, -0.15) is 0 Å². The third-order valence-corrected chi connectivity index (χ3v) is 6.12. The van der Waals surface area contributed by atoms with E-state index in [-0.39, 0.29) is 11.9 Å². The van der Waals surface area contributed by atoms with Crippen LogP contribution in [0.5, 0.6) is 5.75 Å². The number of aryl methyl sites for hydroxylation is 2. The monoisotopic (exact) mass is 461 g/mol. The Labute approximate surface area is 199 Å². The number of rotatable bonds is 8. The number of carbonyl (C=O) groups excluding carboxylic acids is 1. The van der Waals surface area contributed by atoms with Gasteiger partial charge in [-0.05, 0) is 80.8 Å². The minimum absolute atomic E-state index is 0.156. The van der Waals surface area contributed by atoms with Gasteiger partial charge in [0.15, 0.2) is 0 Å². The van der Waals surface area contributed by atoms with Crippen molar-refractivity contribution >= 4 is 28.5 Å². The largest absolute Gasteiger partial charge is 0.493 e. The van der Waals surface area contributed by atoms with Gasteiger partial charge in [-0.3, -0.25) is 4.79 Å². The maximum Gasteiger partial charge on any atom is 0.251 e. The van der Waals surface area contributed by atoms with E-state index in [1.165, 1.54) is 11.1 Å². The van der Waals surface area contributed by atoms with Crippen LogP contribution in [0.2, 0.25) is 5.02 Å². The predicted molar refractivity (Wildman–Crippen MR) is 133 cm³/mol. The Morgan fingerprint density at radius 2 is 1.82 bits per heavy atom. The molecule has 170 valence electrons. The average Bonchev–Trinajstić information content (AvgIpc) is 3.18. The number of para-hydroxylation sites is 2. The predicted octanol–water partition coefficient (Wildman–Crippen LogP) is 6.27. The molecule has 4 rings (SSSR count). The van der Waals surface area contributed by atoms with E-state index >= 15 is 0 Å². The molecule has 1 unspecified atom stereocenters. The standard InChI is InChI=1S/C27H28ClN3O2/c1-18-8-6-11-25(19(18)2)33-17-7-16-31-24-10-5-4-9-23(24)30-26(31)20(3)29-27(32)21-12-14-22(28)15-13-21/h4-6,8-15,20H,7,16-17H2,1-3H3,(H,29,32). The van der Waals surface area contributed by atoms with Gasteiger partial charge in [0, 0.05) is 17.1 Å². The van der Waals surface area contributed by atoms with Crippen LogP contribution >= 0.6 is 11.6 Å². The average molecular weight is 462 g/mol. The SMILES string of the molecule is Cc1cccc(OCCCn2c(C(C)NC(=O)c3ccc(Cl)cc3)nc3ccccc32)c1C. The molecule has 1 N–H and O–H groups in total. The fraction of sp³-hybridized carbons (Fsp3) is 0.259. The summed E-state index contributed by atoms with van der Waals surface area (Å²) in [6.45, 7) is 7.46. The Morgan fingerprint density at radius 3 is 2.61 bits per heavy atom. The second-order valence-corrected chi connectivity index (χ2v) is 8.65. The number of nitrogens with one attached hydrogen (secondary N) is 1. The molecule has 0 saturated heterocycles. The number of ether oxygens (including phenoxy) is 1. The van der Waals surface area contributed by atoms with E-state index in [2.05, 4.69) is 35.9 Å². The van der Waals surface area contributed by atoms with Crippen LogP contribution in [0.4, 0.5) is 0 Å². The van der Waals surface area contributed by atoms with Crippen molar-refractivity contribution in [1.29, 1.82) is 0 Å². The molecule has 0 spiro atoms. The summed E-state index contributed by atoms with van der Waals surface area (Å²) in [5, 5.41) is 3.67. The summed E-state index contributed by atoms with van der Waals surface area (Å²) >= 11 is 5.94. The molecule has 1 amide bonds. The molecule has 0 aliphatic heterocycles. The Hall–Kier alpha value is -3.31. The summed E-state index contributed by atoms with van der Waals surface area (Å²) < 4.78 is 8.22. The molecule has 0 saturated carbocycles. The van der Waals surface area contributed by atoms with E-state index < -0.39 is 0 Å². The number of hydrogen-bond donors (Lipinski definition) is 1. The van der Waals surface area contributed by atoms with E-state index in [1.807, 2.05) is 37.3 Å². The normalized spacial score (nSPS) is 12.0. The Morgan fingerprint density at radius 1 is 1.06 bits per heavy atom. The van der Waals surface area contributed by atoms with Crippen LogP contribution in [0.1, 0.15) is 46.7 Å². The molecule has 33 heavy (non-hydrogen) atoms. The van der Waals surface area contributed by atoms with Gasteiger partial charge in [-0.15, -0.1) is 0 Å². The molecule has 1 heterocycles. The van der Waals surface area contributed by atoms with E-state index in [0.717, 1.165) is 35.6 Å². The molecule has 0 fully saturated rings. The molecule has 0 bridgehead atoms. The number of halogens is 1. The van der Waals surface area contributed by atoms with Gasteiger partial charge in [0.2, 0.25) is 0 Å². The fourth-order valence-corrected chi connectivity index (χ4v) is 4.02. The fourth-order valence-electron chi connectivity index (χ4n) is 3.89. The number of aromatic nitrogens is 2. The molecule has 4 aromatic rings. The number of amides is 1. The highest BCUT2D eigenvalue weighted by atomic mass is 35.5. The minimum atomic E-state index is -0.263. The summed E-state index contributed by atoms with van der Waals surface area (Å²) in [5.74, 6) is 1.59. The zero-order chi connectivity index (χ0) is 23.4. The lowest BCUT2D eigenvalue weighted by atomic mass is 10.1. The number of imidazole rings is 1. The van der Waals surface area contributed by atoms with Gasteiger partial charge in [0.05, 0.1) is 23.7 Å². The van der Waals surface area contributed by atoms with Crippen molar-refractivity contribution < 1.29 is 9.53 Å². The topological polar surface area (TPSA) is 56.1 Å². The summed E-state index contributed by atoms with van der Waals surface area (Å²) in [5.41, 5.74) is 4.92. The first-order valence-corrected chi connectivity index (χ1v) is 11.5. The zero-order valence-corrected chi connectivity index (χ0v) is 19.9. The molecule has 1 aromatic heterocycles. The highest BCUT2D eigenvalue weighted by Gasteiger charge is 2.19. The van der Waals surface area contributed by atoms with Crippen LogP contribution in [0.25, 0.3) is 11.0 Å². The zero-order valence-electron chi connectivity index (χ0n) is 19.1. The van der Waals surface area contributed by atoms with Crippen molar-refractivity contribution in [3.05, 3.63) is 94.3 Å². The van der Waals surface area contributed by atoms with Crippen molar-refractivity contribution in [1.82, 2.24) is 14.9 Å². The number of hydrogen-bond acceptors (Lipinski definition) is 3. The Kier molecular flexibility index (Phi) is 6.99. The van der Waals surface area contributed by atoms with Crippen molar-refractivity contribution in [2.75, 3.05) is 6.61 Å². The second kappa shape index (κ2) is 10.1. The molecular formula is C27H28ClN3O2. The summed E-state index contributed by atoms with van der Waals surface area (Å²) in [4.78, 5) is 17.6. The first-order chi connectivity index (χ1) is 15.9. The molecule has 0 aliphatic carbocycles. The maximum absolute atomic E-state index is 12.7. The molecule has 0 aliphatic rings. The van der Waals surface area contributed by atoms with Crippen molar-refractivity contribution in [2.24, 2.45) is 0 Å². The lowest BCUT2D eigenvalue weighted by Gasteiger charge is -2.17. The second-order valence-electron chi connectivity index (χ2n) is 8.21. The Balaban J connectivity index is 1.48. The smallest absolute Gasteiger partial charge is 0.251 e. The van der Waals surface area contributed by atoms with Gasteiger partial charge >= 0.3 is 0 Å². The first-order valence-electron chi connectivity index (χ1n) is 11.1. The molecule has 3 aromatic carbocycles. The number of fused-ring (bicyclic) bond motifs is 1. The number of nitrogens with zero attached hydrogens (tertiary/aromatic N) is 2. The third kappa shape index (κ3) is 5.20. The van der Waals surface area contributed by atoms with E-state index in [1.54, 1.807) is 24.3 Å². The number of carbonyl (C=O) groups is 1. The third-order valence-electron chi connectivity index (χ3n) is 5.86. The van der Waals surface area contributed by atoms with E-state index in [9.17, 15) is 4.79 Å². The molecule has 1 atom stereocenters. The molecule has 6 heteroatoms. The molecule has 5 nitrogen and oxygen atoms in total. The summed E-state index contributed by atoms with van der Waals surface area (Å²) in [7, 11) is 0. The van der Waals surface area contributed by atoms with Crippen LogP contribution < -0.4 is 10.1 Å². The summed E-state index contributed by atoms with van der Waals surface area (Å²) in [6.07, 6.45) is 0.818. The van der Waals surface area contributed by atoms with Crippen LogP contribution in [-0.4, -0.2) is 22.1 Å². The highest BCUT2D eigenvalue weighted by molar-refractivity contribution is 6.30. The highest BCUT2D eigenvalue weighted by Crippen LogP contribution is 2.23. The van der Waals surface area contributed by atoms with Gasteiger partial charge in [-0.1, -0.05) is 35.9 Å². The lowest BCUT2D eigenvalue weighted by molar-refractivity contribution is 0.0937. The van der Waals surface area contributed by atoms with Crippen molar-refractivity contribution in [2.45, 2.75) is 39.8 Å². The van der Waals surface area contributed by atoms with Gasteiger partial charge in [0.25, 0.3) is 5.91 Å². The molecule has 0 radical (unpaired) electrons. The van der Waals surface area contributed by atoms with Gasteiger partial charge in [0.1, 0.15) is 11.6 Å². The molecular weight excluding hydrogens is 434 g/mol.